The minimum absolute atomic E-state index is 0.365. The van der Waals surface area contributed by atoms with Crippen molar-refractivity contribution in [2.45, 2.75) is 52.3 Å². The molecule has 15 heavy (non-hydrogen) atoms. The average Bonchev–Trinajstić information content (AvgIpc) is 2.17. The number of nitrogens with one attached hydrogen (secondary N) is 1. The highest BCUT2D eigenvalue weighted by atomic mass is 16.5. The summed E-state index contributed by atoms with van der Waals surface area (Å²) in [6.07, 6.45) is 1.51. The summed E-state index contributed by atoms with van der Waals surface area (Å²) in [7, 11) is 0. The largest absolute Gasteiger partial charge is 0.379 e. The van der Waals surface area contributed by atoms with Gasteiger partial charge in [0.25, 0.3) is 0 Å². The Hall–Kier alpha value is -0.120. The molecule has 0 bridgehead atoms. The van der Waals surface area contributed by atoms with Crippen molar-refractivity contribution in [2.24, 2.45) is 0 Å². The van der Waals surface area contributed by atoms with E-state index in [4.69, 9.17) is 4.74 Å². The topological polar surface area (TPSA) is 24.5 Å². The summed E-state index contributed by atoms with van der Waals surface area (Å²) in [5, 5.41) is 3.50. The van der Waals surface area contributed by atoms with Crippen LogP contribution in [-0.2, 0) is 4.74 Å². The molecule has 2 unspecified atom stereocenters. The molecule has 0 amide bonds. The molecular weight excluding hydrogens is 188 g/mol. The van der Waals surface area contributed by atoms with Crippen LogP contribution >= 0.6 is 0 Å². The fourth-order valence-corrected chi connectivity index (χ4v) is 2.00. The zero-order valence-electron chi connectivity index (χ0n) is 10.6. The molecule has 3 nitrogen and oxygen atoms in total. The van der Waals surface area contributed by atoms with Crippen LogP contribution in [0.5, 0.6) is 0 Å². The Balaban J connectivity index is 2.13. The molecule has 0 aromatic rings. The molecule has 0 aromatic carbocycles. The molecule has 0 radical (unpaired) electrons. The van der Waals surface area contributed by atoms with Crippen molar-refractivity contribution in [3.05, 3.63) is 0 Å². The number of nitrogens with zero attached hydrogens (tertiary/aromatic N) is 1. The molecule has 2 atom stereocenters. The van der Waals surface area contributed by atoms with Crippen molar-refractivity contribution in [2.75, 3.05) is 26.2 Å². The molecule has 90 valence electrons. The molecule has 1 saturated heterocycles. The second kappa shape index (κ2) is 6.46. The Morgan fingerprint density at radius 2 is 2.13 bits per heavy atom. The van der Waals surface area contributed by atoms with Crippen LogP contribution in [0.15, 0.2) is 0 Å². The number of hydrogen-bond donors (Lipinski definition) is 1. The molecule has 0 saturated carbocycles. The van der Waals surface area contributed by atoms with Crippen LogP contribution in [-0.4, -0.2) is 49.3 Å². The summed E-state index contributed by atoms with van der Waals surface area (Å²) in [6.45, 7) is 13.1. The highest BCUT2D eigenvalue weighted by molar-refractivity contribution is 4.80. The van der Waals surface area contributed by atoms with E-state index in [9.17, 15) is 0 Å². The van der Waals surface area contributed by atoms with Crippen molar-refractivity contribution >= 4 is 0 Å². The first-order chi connectivity index (χ1) is 7.09. The van der Waals surface area contributed by atoms with E-state index in [2.05, 4.69) is 37.9 Å². The van der Waals surface area contributed by atoms with Gasteiger partial charge in [-0.2, -0.15) is 0 Å². The zero-order chi connectivity index (χ0) is 11.3. The van der Waals surface area contributed by atoms with E-state index in [1.807, 2.05) is 0 Å². The fraction of sp³-hybridized carbons (Fsp3) is 1.00. The van der Waals surface area contributed by atoms with Gasteiger partial charge in [-0.15, -0.1) is 0 Å². The smallest absolute Gasteiger partial charge is 0.0518 e. The Morgan fingerprint density at radius 1 is 1.40 bits per heavy atom. The van der Waals surface area contributed by atoms with Gasteiger partial charge in [-0.3, -0.25) is 4.90 Å². The van der Waals surface area contributed by atoms with E-state index >= 15 is 0 Å². The molecule has 0 spiro atoms. The van der Waals surface area contributed by atoms with Gasteiger partial charge >= 0.3 is 0 Å². The highest BCUT2D eigenvalue weighted by Crippen LogP contribution is 2.07. The summed E-state index contributed by atoms with van der Waals surface area (Å²) >= 11 is 0. The van der Waals surface area contributed by atoms with Gasteiger partial charge in [0.15, 0.2) is 0 Å². The first kappa shape index (κ1) is 12.9. The van der Waals surface area contributed by atoms with Crippen LogP contribution in [0.2, 0.25) is 0 Å². The summed E-state index contributed by atoms with van der Waals surface area (Å²) in [5.74, 6) is 0. The molecule has 1 fully saturated rings. The number of ether oxygens (including phenoxy) is 1. The second-order valence-electron chi connectivity index (χ2n) is 4.93. The lowest BCUT2D eigenvalue weighted by molar-refractivity contribution is 0.0622. The molecule has 1 aliphatic rings. The quantitative estimate of drug-likeness (QED) is 0.702. The van der Waals surface area contributed by atoms with Crippen molar-refractivity contribution in [3.63, 3.8) is 0 Å². The molecule has 1 heterocycles. The first-order valence-corrected chi connectivity index (χ1v) is 6.18. The van der Waals surface area contributed by atoms with Crippen molar-refractivity contribution in [3.8, 4) is 0 Å². The zero-order valence-corrected chi connectivity index (χ0v) is 10.6. The number of piperazine rings is 1. The van der Waals surface area contributed by atoms with Gasteiger partial charge in [0.05, 0.1) is 6.10 Å². The monoisotopic (exact) mass is 214 g/mol. The molecular formula is C12H26N2O. The molecule has 0 aliphatic carbocycles. The van der Waals surface area contributed by atoms with Crippen molar-refractivity contribution in [1.82, 2.24) is 10.2 Å². The number of rotatable bonds is 5. The van der Waals surface area contributed by atoms with E-state index in [1.165, 1.54) is 13.1 Å². The van der Waals surface area contributed by atoms with E-state index in [1.54, 1.807) is 0 Å². The summed E-state index contributed by atoms with van der Waals surface area (Å²) in [4.78, 5) is 2.56. The third-order valence-electron chi connectivity index (χ3n) is 2.93. The molecule has 1 N–H and O–H groups in total. The number of hydrogen-bond acceptors (Lipinski definition) is 3. The van der Waals surface area contributed by atoms with Gasteiger partial charge in [0.1, 0.15) is 0 Å². The average molecular weight is 214 g/mol. The van der Waals surface area contributed by atoms with Gasteiger partial charge < -0.3 is 10.1 Å². The Bertz CT molecular complexity index is 173. The van der Waals surface area contributed by atoms with E-state index in [-0.39, 0.29) is 0 Å². The molecule has 1 rings (SSSR count). The molecule has 1 aliphatic heterocycles. The maximum Gasteiger partial charge on any atom is 0.0518 e. The lowest BCUT2D eigenvalue weighted by atomic mass is 10.1. The fourth-order valence-electron chi connectivity index (χ4n) is 2.00. The molecule has 3 heteroatoms. The van der Waals surface area contributed by atoms with Crippen LogP contribution < -0.4 is 5.32 Å². The van der Waals surface area contributed by atoms with Gasteiger partial charge in [-0.1, -0.05) is 0 Å². The Kier molecular flexibility index (Phi) is 5.58. The van der Waals surface area contributed by atoms with E-state index < -0.39 is 0 Å². The van der Waals surface area contributed by atoms with Gasteiger partial charge in [-0.05, 0) is 34.1 Å². The predicted molar refractivity (Wildman–Crippen MR) is 64.2 cm³/mol. The first-order valence-electron chi connectivity index (χ1n) is 6.18. The van der Waals surface area contributed by atoms with Crippen molar-refractivity contribution < 1.29 is 4.74 Å². The SMILES string of the molecule is CC1CN(CCCOC(C)C)C(C)CN1. The standard InChI is InChI=1S/C12H26N2O/c1-10(2)15-7-5-6-14-9-11(3)13-8-12(14)4/h10-13H,5-9H2,1-4H3. The van der Waals surface area contributed by atoms with Gasteiger partial charge in [0, 0.05) is 38.3 Å². The molecule has 0 aromatic heterocycles. The minimum atomic E-state index is 0.365. The summed E-state index contributed by atoms with van der Waals surface area (Å²) in [6, 6.07) is 1.30. The van der Waals surface area contributed by atoms with Crippen LogP contribution in [0.3, 0.4) is 0 Å². The van der Waals surface area contributed by atoms with Gasteiger partial charge in [0.2, 0.25) is 0 Å². The van der Waals surface area contributed by atoms with Crippen LogP contribution in [0.25, 0.3) is 0 Å². The van der Waals surface area contributed by atoms with Gasteiger partial charge in [-0.25, -0.2) is 0 Å². The van der Waals surface area contributed by atoms with Crippen LogP contribution in [0.1, 0.15) is 34.1 Å². The Morgan fingerprint density at radius 3 is 2.80 bits per heavy atom. The van der Waals surface area contributed by atoms with Crippen LogP contribution in [0, 0.1) is 0 Å². The third-order valence-corrected chi connectivity index (χ3v) is 2.93. The maximum absolute atomic E-state index is 5.55. The summed E-state index contributed by atoms with van der Waals surface area (Å²) in [5.41, 5.74) is 0. The second-order valence-corrected chi connectivity index (χ2v) is 4.93. The lowest BCUT2D eigenvalue weighted by Crippen LogP contribution is -2.54. The van der Waals surface area contributed by atoms with Crippen molar-refractivity contribution in [1.29, 1.82) is 0 Å². The highest BCUT2D eigenvalue weighted by Gasteiger charge is 2.21. The van der Waals surface area contributed by atoms with E-state index in [0.29, 0.717) is 18.2 Å². The van der Waals surface area contributed by atoms with E-state index in [0.717, 1.165) is 19.6 Å². The summed E-state index contributed by atoms with van der Waals surface area (Å²) < 4.78 is 5.55. The van der Waals surface area contributed by atoms with Crippen LogP contribution in [0.4, 0.5) is 0 Å². The Labute approximate surface area is 94.2 Å². The normalized spacial score (nSPS) is 28.6. The third kappa shape index (κ3) is 4.96. The predicted octanol–water partition coefficient (Wildman–Crippen LogP) is 1.48. The minimum Gasteiger partial charge on any atom is -0.379 e. The lowest BCUT2D eigenvalue weighted by Gasteiger charge is -2.37. The maximum atomic E-state index is 5.55.